The molecule has 0 atom stereocenters. The van der Waals surface area contributed by atoms with E-state index in [0.717, 1.165) is 10.4 Å². The fraction of sp³-hybridized carbons (Fsp3) is 0.250. The Hall–Kier alpha value is -1.38. The summed E-state index contributed by atoms with van der Waals surface area (Å²) in [6.07, 6.45) is 0. The lowest BCUT2D eigenvalue weighted by atomic mass is 10.2. The first-order valence-electron chi connectivity index (χ1n) is 3.45. The third-order valence-electron chi connectivity index (χ3n) is 1.47. The van der Waals surface area contributed by atoms with Crippen molar-refractivity contribution >= 4 is 5.69 Å². The van der Waals surface area contributed by atoms with Crippen LogP contribution >= 0.6 is 0 Å². The van der Waals surface area contributed by atoms with E-state index in [1.807, 2.05) is 19.1 Å². The summed E-state index contributed by atoms with van der Waals surface area (Å²) >= 11 is 0. The van der Waals surface area contributed by atoms with E-state index >= 15 is 0 Å². The first-order valence-corrected chi connectivity index (χ1v) is 3.45. The number of aryl methyl sites for hydroxylation is 1. The molecular weight excluding hydrogens is 140 g/mol. The van der Waals surface area contributed by atoms with Gasteiger partial charge in [-0.25, -0.2) is 0 Å². The zero-order valence-corrected chi connectivity index (χ0v) is 6.66. The SMILES string of the molecule is CN[N+](=O)c1ccc(C)cc1. The standard InChI is InChI=1S/C8H11N2O/c1-7-3-5-8(6-4-7)10(11)9-2/h3-6H,1-2H3,(H,9,11)/q+1. The van der Waals surface area contributed by atoms with Gasteiger partial charge in [0, 0.05) is 12.1 Å². The smallest absolute Gasteiger partial charge is 0.150 e. The molecule has 0 fully saturated rings. The molecule has 1 aromatic rings. The van der Waals surface area contributed by atoms with Gasteiger partial charge in [-0.2, -0.15) is 0 Å². The monoisotopic (exact) mass is 151 g/mol. The van der Waals surface area contributed by atoms with Gasteiger partial charge in [-0.15, -0.1) is 5.43 Å². The number of benzene rings is 1. The highest BCUT2D eigenvalue weighted by Crippen LogP contribution is 2.09. The van der Waals surface area contributed by atoms with Gasteiger partial charge < -0.3 is 0 Å². The molecule has 0 amide bonds. The second-order valence-corrected chi connectivity index (χ2v) is 2.35. The molecule has 1 rings (SSSR count). The Labute approximate surface area is 65.6 Å². The van der Waals surface area contributed by atoms with Crippen molar-refractivity contribution in [1.29, 1.82) is 0 Å². The second-order valence-electron chi connectivity index (χ2n) is 2.35. The molecule has 3 nitrogen and oxygen atoms in total. The summed E-state index contributed by atoms with van der Waals surface area (Å²) in [7, 11) is 1.59. The van der Waals surface area contributed by atoms with E-state index in [0.29, 0.717) is 5.69 Å². The summed E-state index contributed by atoms with van der Waals surface area (Å²) in [5.74, 6) is 0. The average molecular weight is 151 g/mol. The molecule has 0 radical (unpaired) electrons. The largest absolute Gasteiger partial charge is 0.291 e. The minimum atomic E-state index is 0.623. The molecule has 0 aliphatic heterocycles. The highest BCUT2D eigenvalue weighted by Gasteiger charge is 2.08. The fourth-order valence-electron chi connectivity index (χ4n) is 0.809. The lowest BCUT2D eigenvalue weighted by Crippen LogP contribution is -2.16. The normalized spacial score (nSPS) is 9.27. The van der Waals surface area contributed by atoms with Crippen molar-refractivity contribution in [3.8, 4) is 0 Å². The van der Waals surface area contributed by atoms with Crippen molar-refractivity contribution in [3.63, 3.8) is 0 Å². The topological polar surface area (TPSA) is 32.1 Å². The second kappa shape index (κ2) is 3.14. The van der Waals surface area contributed by atoms with Gasteiger partial charge in [-0.3, -0.25) is 0 Å². The first kappa shape index (κ1) is 7.72. The Kier molecular flexibility index (Phi) is 2.21. The van der Waals surface area contributed by atoms with Gasteiger partial charge in [-0.05, 0) is 6.92 Å². The molecule has 1 N–H and O–H groups in total. The number of hydrazine groups is 1. The molecule has 0 unspecified atom stereocenters. The van der Waals surface area contributed by atoms with Crippen LogP contribution in [0.25, 0.3) is 0 Å². The third kappa shape index (κ3) is 1.77. The highest BCUT2D eigenvalue weighted by molar-refractivity contribution is 5.31. The molecule has 3 heteroatoms. The van der Waals surface area contributed by atoms with Crippen LogP contribution in [0.1, 0.15) is 5.56 Å². The van der Waals surface area contributed by atoms with Crippen LogP contribution in [0.4, 0.5) is 5.69 Å². The van der Waals surface area contributed by atoms with Gasteiger partial charge in [0.15, 0.2) is 4.87 Å². The molecule has 0 heterocycles. The molecule has 0 saturated carbocycles. The fourth-order valence-corrected chi connectivity index (χ4v) is 0.809. The van der Waals surface area contributed by atoms with E-state index in [1.54, 1.807) is 19.2 Å². The Morgan fingerprint density at radius 1 is 1.27 bits per heavy atom. The number of nitrogens with one attached hydrogen (secondary N) is 1. The van der Waals surface area contributed by atoms with Crippen molar-refractivity contribution in [2.24, 2.45) is 0 Å². The zero-order chi connectivity index (χ0) is 8.27. The molecule has 58 valence electrons. The van der Waals surface area contributed by atoms with Gasteiger partial charge in [0.1, 0.15) is 0 Å². The van der Waals surface area contributed by atoms with E-state index < -0.39 is 0 Å². The highest BCUT2D eigenvalue weighted by atomic mass is 16.3. The van der Waals surface area contributed by atoms with Crippen LogP contribution in [0, 0.1) is 11.8 Å². The summed E-state index contributed by atoms with van der Waals surface area (Å²) in [6, 6.07) is 7.35. The van der Waals surface area contributed by atoms with Gasteiger partial charge in [0.05, 0.1) is 12.0 Å². The number of rotatable bonds is 2. The predicted octanol–water partition coefficient (Wildman–Crippen LogP) is 1.54. The van der Waals surface area contributed by atoms with Crippen LogP contribution in [0.3, 0.4) is 0 Å². The molecule has 11 heavy (non-hydrogen) atoms. The van der Waals surface area contributed by atoms with Gasteiger partial charge in [0.2, 0.25) is 0 Å². The molecule has 0 aliphatic rings. The van der Waals surface area contributed by atoms with E-state index in [4.69, 9.17) is 0 Å². The van der Waals surface area contributed by atoms with Crippen molar-refractivity contribution in [2.75, 3.05) is 7.05 Å². The lowest BCUT2D eigenvalue weighted by Gasteiger charge is -1.90. The van der Waals surface area contributed by atoms with Crippen LogP contribution in [-0.2, 0) is 0 Å². The average Bonchev–Trinajstić information content (AvgIpc) is 2.05. The number of nitrogens with zero attached hydrogens (tertiary/aromatic N) is 1. The van der Waals surface area contributed by atoms with E-state index in [9.17, 15) is 4.91 Å². The van der Waals surface area contributed by atoms with Crippen LogP contribution < -0.4 is 5.43 Å². The van der Waals surface area contributed by atoms with Crippen LogP contribution in [0.5, 0.6) is 0 Å². The summed E-state index contributed by atoms with van der Waals surface area (Å²) in [5, 5.41) is 0. The van der Waals surface area contributed by atoms with Crippen LogP contribution in [0.2, 0.25) is 0 Å². The van der Waals surface area contributed by atoms with E-state index in [-0.39, 0.29) is 0 Å². The molecule has 0 saturated heterocycles. The molecule has 0 aromatic heterocycles. The van der Waals surface area contributed by atoms with E-state index in [1.165, 1.54) is 0 Å². The summed E-state index contributed by atoms with van der Waals surface area (Å²) in [4.78, 5) is 11.7. The maximum absolute atomic E-state index is 10.9. The van der Waals surface area contributed by atoms with Crippen molar-refractivity contribution in [3.05, 3.63) is 34.7 Å². The van der Waals surface area contributed by atoms with Crippen LogP contribution in [-0.4, -0.2) is 11.9 Å². The summed E-state index contributed by atoms with van der Waals surface area (Å²) < 4.78 is 0. The summed E-state index contributed by atoms with van der Waals surface area (Å²) in [5.41, 5.74) is 4.25. The third-order valence-corrected chi connectivity index (χ3v) is 1.47. The summed E-state index contributed by atoms with van der Waals surface area (Å²) in [6.45, 7) is 1.98. The Bertz CT molecular complexity index is 253. The number of hydrogen-bond donors (Lipinski definition) is 1. The van der Waals surface area contributed by atoms with Crippen molar-refractivity contribution in [2.45, 2.75) is 6.92 Å². The minimum absolute atomic E-state index is 0.623. The van der Waals surface area contributed by atoms with Gasteiger partial charge >= 0.3 is 0 Å². The van der Waals surface area contributed by atoms with Crippen molar-refractivity contribution < 1.29 is 4.87 Å². The van der Waals surface area contributed by atoms with Gasteiger partial charge in [0.25, 0.3) is 5.69 Å². The maximum Gasteiger partial charge on any atom is 0.291 e. The molecule has 1 aromatic carbocycles. The molecule has 0 spiro atoms. The lowest BCUT2D eigenvalue weighted by molar-refractivity contribution is -0.522. The predicted molar refractivity (Wildman–Crippen MR) is 43.5 cm³/mol. The molecule has 0 aliphatic carbocycles. The number of nitroso groups, excluding NO2 is 1. The Morgan fingerprint density at radius 3 is 2.27 bits per heavy atom. The molecular formula is C8H11N2O+. The van der Waals surface area contributed by atoms with Gasteiger partial charge in [-0.1, -0.05) is 17.7 Å². The van der Waals surface area contributed by atoms with Crippen molar-refractivity contribution in [1.82, 2.24) is 5.43 Å². The van der Waals surface area contributed by atoms with E-state index in [2.05, 4.69) is 5.43 Å². The maximum atomic E-state index is 10.9. The van der Waals surface area contributed by atoms with Crippen LogP contribution in [0.15, 0.2) is 24.3 Å². The number of hydrogen-bond acceptors (Lipinski definition) is 1. The Balaban J connectivity index is 2.90. The zero-order valence-electron chi connectivity index (χ0n) is 6.66. The Morgan fingerprint density at radius 2 is 1.82 bits per heavy atom. The minimum Gasteiger partial charge on any atom is -0.150 e. The quantitative estimate of drug-likeness (QED) is 0.513. The first-order chi connectivity index (χ1) is 5.24. The molecule has 0 bridgehead atoms.